The lowest BCUT2D eigenvalue weighted by molar-refractivity contribution is -0.111. The fourth-order valence-corrected chi connectivity index (χ4v) is 1.55. The first-order chi connectivity index (χ1) is 5.75. The molecule has 1 N–H and O–H groups in total. The van der Waals surface area contributed by atoms with Gasteiger partial charge in [0.05, 0.1) is 12.5 Å². The number of hydrogen-bond donors (Lipinski definition) is 1. The highest BCUT2D eigenvalue weighted by Crippen LogP contribution is 2.18. The van der Waals surface area contributed by atoms with Crippen LogP contribution in [0.1, 0.15) is 11.5 Å². The SMILES string of the molecule is O=C(I)C(CO)c1ccccc1. The Labute approximate surface area is 84.7 Å². The molecule has 0 bridgehead atoms. The van der Waals surface area contributed by atoms with Gasteiger partial charge < -0.3 is 5.11 Å². The first-order valence-corrected chi connectivity index (χ1v) is 4.68. The number of carbonyl (C=O) groups is 1. The van der Waals surface area contributed by atoms with Gasteiger partial charge in [-0.1, -0.05) is 30.3 Å². The van der Waals surface area contributed by atoms with Crippen molar-refractivity contribution in [3.8, 4) is 0 Å². The van der Waals surface area contributed by atoms with Crippen molar-refractivity contribution in [3.05, 3.63) is 35.9 Å². The van der Waals surface area contributed by atoms with E-state index in [0.717, 1.165) is 5.56 Å². The maximum atomic E-state index is 11.0. The van der Waals surface area contributed by atoms with Crippen molar-refractivity contribution in [2.75, 3.05) is 6.61 Å². The molecule has 0 amide bonds. The second kappa shape index (κ2) is 4.57. The van der Waals surface area contributed by atoms with Gasteiger partial charge >= 0.3 is 0 Å². The largest absolute Gasteiger partial charge is 0.395 e. The summed E-state index contributed by atoms with van der Waals surface area (Å²) >= 11 is 1.71. The maximum Gasteiger partial charge on any atom is 0.202 e. The monoisotopic (exact) mass is 276 g/mol. The van der Waals surface area contributed by atoms with Crippen LogP contribution < -0.4 is 0 Å². The lowest BCUT2D eigenvalue weighted by atomic mass is 10.0. The van der Waals surface area contributed by atoms with E-state index < -0.39 is 0 Å². The van der Waals surface area contributed by atoms with E-state index in [1.807, 2.05) is 30.3 Å². The minimum absolute atomic E-state index is 0.0266. The molecule has 1 aromatic rings. The summed E-state index contributed by atoms with van der Waals surface area (Å²) in [5.41, 5.74) is 0.874. The molecule has 0 saturated heterocycles. The molecule has 0 heterocycles. The fraction of sp³-hybridized carbons (Fsp3) is 0.222. The summed E-state index contributed by atoms with van der Waals surface area (Å²) in [6.07, 6.45) is 0. The standard InChI is InChI=1S/C9H9IO2/c10-9(12)8(6-11)7-4-2-1-3-5-7/h1-5,8,11H,6H2. The van der Waals surface area contributed by atoms with Crippen LogP contribution >= 0.6 is 22.6 Å². The third kappa shape index (κ3) is 2.28. The zero-order valence-electron chi connectivity index (χ0n) is 6.40. The summed E-state index contributed by atoms with van der Waals surface area (Å²) < 4.78 is -0.0266. The molecule has 0 aliphatic rings. The predicted molar refractivity (Wildman–Crippen MR) is 55.3 cm³/mol. The van der Waals surface area contributed by atoms with Crippen molar-refractivity contribution < 1.29 is 9.90 Å². The summed E-state index contributed by atoms with van der Waals surface area (Å²) in [5.74, 6) is -0.369. The van der Waals surface area contributed by atoms with E-state index >= 15 is 0 Å². The van der Waals surface area contributed by atoms with E-state index in [1.165, 1.54) is 0 Å². The van der Waals surface area contributed by atoms with E-state index in [1.54, 1.807) is 22.6 Å². The highest BCUT2D eigenvalue weighted by atomic mass is 127. The van der Waals surface area contributed by atoms with Crippen molar-refractivity contribution in [1.29, 1.82) is 0 Å². The molecule has 1 rings (SSSR count). The molecule has 0 spiro atoms. The number of aliphatic hydroxyl groups is 1. The number of hydrogen-bond acceptors (Lipinski definition) is 2. The molecule has 1 aromatic carbocycles. The predicted octanol–water partition coefficient (Wildman–Crippen LogP) is 1.72. The Morgan fingerprint density at radius 1 is 1.42 bits per heavy atom. The molecule has 0 fully saturated rings. The molecule has 0 aliphatic carbocycles. The minimum Gasteiger partial charge on any atom is -0.395 e. The van der Waals surface area contributed by atoms with Crippen LogP contribution in [0, 0.1) is 0 Å². The Hall–Kier alpha value is -0.420. The van der Waals surface area contributed by atoms with Gasteiger partial charge in [-0.15, -0.1) is 0 Å². The molecular formula is C9H9IO2. The molecule has 1 atom stereocenters. The van der Waals surface area contributed by atoms with Crippen LogP contribution in [0.5, 0.6) is 0 Å². The van der Waals surface area contributed by atoms with Crippen LogP contribution in [0.25, 0.3) is 0 Å². The summed E-state index contributed by atoms with van der Waals surface area (Å²) in [5, 5.41) is 8.92. The van der Waals surface area contributed by atoms with Gasteiger partial charge in [0.1, 0.15) is 0 Å². The smallest absolute Gasteiger partial charge is 0.202 e. The van der Waals surface area contributed by atoms with Gasteiger partial charge in [-0.3, -0.25) is 4.79 Å². The van der Waals surface area contributed by atoms with E-state index in [9.17, 15) is 4.79 Å². The number of aliphatic hydroxyl groups excluding tert-OH is 1. The molecular weight excluding hydrogens is 267 g/mol. The average molecular weight is 276 g/mol. The molecule has 0 aliphatic heterocycles. The van der Waals surface area contributed by atoms with E-state index in [4.69, 9.17) is 5.11 Å². The third-order valence-electron chi connectivity index (χ3n) is 1.66. The maximum absolute atomic E-state index is 11.0. The van der Waals surface area contributed by atoms with Gasteiger partial charge in [-0.05, 0) is 5.56 Å². The van der Waals surface area contributed by atoms with Crippen molar-refractivity contribution in [1.82, 2.24) is 0 Å². The second-order valence-corrected chi connectivity index (χ2v) is 3.51. The summed E-state index contributed by atoms with van der Waals surface area (Å²) in [6, 6.07) is 9.29. The van der Waals surface area contributed by atoms with E-state index in [-0.39, 0.29) is 16.3 Å². The molecule has 3 heteroatoms. The summed E-state index contributed by atoms with van der Waals surface area (Å²) in [7, 11) is 0. The van der Waals surface area contributed by atoms with Gasteiger partial charge in [0, 0.05) is 22.6 Å². The lowest BCUT2D eigenvalue weighted by Gasteiger charge is -2.08. The normalized spacial score (nSPS) is 12.5. The topological polar surface area (TPSA) is 37.3 Å². The van der Waals surface area contributed by atoms with Crippen LogP contribution in [0.4, 0.5) is 0 Å². The van der Waals surface area contributed by atoms with Crippen molar-refractivity contribution >= 4 is 26.4 Å². The van der Waals surface area contributed by atoms with E-state index in [2.05, 4.69) is 0 Å². The third-order valence-corrected chi connectivity index (χ3v) is 2.41. The Morgan fingerprint density at radius 2 is 2.00 bits per heavy atom. The van der Waals surface area contributed by atoms with Crippen LogP contribution in [-0.4, -0.2) is 15.5 Å². The highest BCUT2D eigenvalue weighted by Gasteiger charge is 2.15. The Balaban J connectivity index is 2.88. The van der Waals surface area contributed by atoms with Crippen LogP contribution in [-0.2, 0) is 4.79 Å². The molecule has 2 nitrogen and oxygen atoms in total. The highest BCUT2D eigenvalue weighted by molar-refractivity contribution is 14.1. The first-order valence-electron chi connectivity index (χ1n) is 3.61. The molecule has 0 aromatic heterocycles. The van der Waals surface area contributed by atoms with Crippen LogP contribution in [0.3, 0.4) is 0 Å². The van der Waals surface area contributed by atoms with Crippen molar-refractivity contribution in [2.45, 2.75) is 5.92 Å². The fourth-order valence-electron chi connectivity index (χ4n) is 0.994. The molecule has 1 unspecified atom stereocenters. The Morgan fingerprint density at radius 3 is 2.42 bits per heavy atom. The Kier molecular flexibility index (Phi) is 3.68. The van der Waals surface area contributed by atoms with Gasteiger partial charge in [0.2, 0.25) is 3.79 Å². The minimum atomic E-state index is -0.369. The summed E-state index contributed by atoms with van der Waals surface area (Å²) in [4.78, 5) is 11.0. The van der Waals surface area contributed by atoms with Crippen molar-refractivity contribution in [3.63, 3.8) is 0 Å². The number of benzene rings is 1. The number of rotatable bonds is 3. The zero-order valence-corrected chi connectivity index (χ0v) is 8.56. The van der Waals surface area contributed by atoms with E-state index in [0.29, 0.717) is 0 Å². The quantitative estimate of drug-likeness (QED) is 0.674. The Bertz CT molecular complexity index is 258. The first kappa shape index (κ1) is 9.67. The van der Waals surface area contributed by atoms with Gasteiger partial charge in [0.15, 0.2) is 0 Å². The molecule has 12 heavy (non-hydrogen) atoms. The molecule has 0 saturated carbocycles. The van der Waals surface area contributed by atoms with Crippen LogP contribution in [0.15, 0.2) is 30.3 Å². The summed E-state index contributed by atoms with van der Waals surface area (Å²) in [6.45, 7) is -0.119. The zero-order chi connectivity index (χ0) is 8.97. The van der Waals surface area contributed by atoms with Gasteiger partial charge in [0.25, 0.3) is 0 Å². The lowest BCUT2D eigenvalue weighted by Crippen LogP contribution is -2.10. The second-order valence-electron chi connectivity index (χ2n) is 2.45. The van der Waals surface area contributed by atoms with Crippen LogP contribution in [0.2, 0.25) is 0 Å². The van der Waals surface area contributed by atoms with Crippen molar-refractivity contribution in [2.24, 2.45) is 0 Å². The average Bonchev–Trinajstić information content (AvgIpc) is 2.07. The van der Waals surface area contributed by atoms with Gasteiger partial charge in [-0.2, -0.15) is 0 Å². The number of halogens is 1. The van der Waals surface area contributed by atoms with Gasteiger partial charge in [-0.25, -0.2) is 0 Å². The number of carbonyl (C=O) groups excluding carboxylic acids is 1. The molecule has 0 radical (unpaired) electrons. The molecule has 64 valence electrons.